The van der Waals surface area contributed by atoms with Gasteiger partial charge in [0, 0.05) is 17.3 Å². The summed E-state index contributed by atoms with van der Waals surface area (Å²) in [7, 11) is 0. The largest absolute Gasteiger partial charge is 0.373 e. The maximum Gasteiger partial charge on any atom is 0.0312 e. The molecule has 0 saturated heterocycles. The van der Waals surface area contributed by atoms with Crippen LogP contribution in [-0.2, 0) is 0 Å². The molecule has 2 heteroatoms. The SMILES string of the molecule is CSC(C)C1C=CN(C(C)(C)C)CC1. The first-order valence-corrected chi connectivity index (χ1v) is 6.72. The Balaban J connectivity index is 2.56. The van der Waals surface area contributed by atoms with Crippen LogP contribution in [0.4, 0.5) is 0 Å². The lowest BCUT2D eigenvalue weighted by atomic mass is 9.96. The smallest absolute Gasteiger partial charge is 0.0312 e. The molecule has 1 aliphatic heterocycles. The quantitative estimate of drug-likeness (QED) is 0.692. The summed E-state index contributed by atoms with van der Waals surface area (Å²) in [5, 5.41) is 0.758. The van der Waals surface area contributed by atoms with Gasteiger partial charge in [0.2, 0.25) is 0 Å². The van der Waals surface area contributed by atoms with Gasteiger partial charge in [0.05, 0.1) is 0 Å². The van der Waals surface area contributed by atoms with Crippen molar-refractivity contribution in [2.45, 2.75) is 44.9 Å². The molecular formula is C12H23NS. The molecule has 0 amide bonds. The zero-order valence-electron chi connectivity index (χ0n) is 10.1. The fourth-order valence-electron chi connectivity index (χ4n) is 1.80. The molecule has 0 aromatic rings. The average Bonchev–Trinajstić information content (AvgIpc) is 2.15. The second-order valence-corrected chi connectivity index (χ2v) is 6.31. The van der Waals surface area contributed by atoms with Gasteiger partial charge in [-0.15, -0.1) is 0 Å². The fourth-order valence-corrected chi connectivity index (χ4v) is 2.37. The Bertz CT molecular complexity index is 205. The molecule has 0 spiro atoms. The van der Waals surface area contributed by atoms with Gasteiger partial charge in [-0.1, -0.05) is 13.0 Å². The number of rotatable bonds is 2. The highest BCUT2D eigenvalue weighted by molar-refractivity contribution is 7.99. The van der Waals surface area contributed by atoms with E-state index >= 15 is 0 Å². The van der Waals surface area contributed by atoms with Crippen molar-refractivity contribution in [1.82, 2.24) is 4.90 Å². The first-order valence-electron chi connectivity index (χ1n) is 5.43. The highest BCUT2D eigenvalue weighted by Crippen LogP contribution is 2.27. The summed E-state index contributed by atoms with van der Waals surface area (Å²) >= 11 is 1.97. The van der Waals surface area contributed by atoms with Crippen LogP contribution in [0.15, 0.2) is 12.3 Å². The maximum absolute atomic E-state index is 2.44. The molecule has 0 aromatic carbocycles. The molecule has 1 rings (SSSR count). The molecule has 1 aliphatic rings. The Labute approximate surface area is 92.9 Å². The van der Waals surface area contributed by atoms with Crippen molar-refractivity contribution in [2.24, 2.45) is 5.92 Å². The molecule has 2 atom stereocenters. The van der Waals surface area contributed by atoms with Crippen molar-refractivity contribution in [3.8, 4) is 0 Å². The minimum absolute atomic E-state index is 0.282. The Morgan fingerprint density at radius 2 is 2.07 bits per heavy atom. The summed E-state index contributed by atoms with van der Waals surface area (Å²) in [5.41, 5.74) is 0.282. The predicted octanol–water partition coefficient (Wildman–Crippen LogP) is 3.37. The Morgan fingerprint density at radius 3 is 2.43 bits per heavy atom. The Kier molecular flexibility index (Phi) is 3.94. The lowest BCUT2D eigenvalue weighted by molar-refractivity contribution is 0.184. The first-order chi connectivity index (χ1) is 6.45. The van der Waals surface area contributed by atoms with Gasteiger partial charge in [0.25, 0.3) is 0 Å². The van der Waals surface area contributed by atoms with Crippen molar-refractivity contribution < 1.29 is 0 Å². The number of thioether (sulfide) groups is 1. The summed E-state index contributed by atoms with van der Waals surface area (Å²) in [5.74, 6) is 0.767. The molecule has 1 nitrogen and oxygen atoms in total. The van der Waals surface area contributed by atoms with Crippen LogP contribution in [0.2, 0.25) is 0 Å². The summed E-state index contributed by atoms with van der Waals surface area (Å²) < 4.78 is 0. The molecule has 82 valence electrons. The van der Waals surface area contributed by atoms with Crippen LogP contribution in [0.25, 0.3) is 0 Å². The van der Waals surface area contributed by atoms with Gasteiger partial charge in [-0.2, -0.15) is 11.8 Å². The molecule has 0 fully saturated rings. The number of allylic oxidation sites excluding steroid dienone is 1. The first kappa shape index (κ1) is 12.0. The molecular weight excluding hydrogens is 190 g/mol. The highest BCUT2D eigenvalue weighted by Gasteiger charge is 2.24. The number of hydrogen-bond acceptors (Lipinski definition) is 2. The highest BCUT2D eigenvalue weighted by atomic mass is 32.2. The molecule has 0 aliphatic carbocycles. The van der Waals surface area contributed by atoms with Crippen molar-refractivity contribution in [1.29, 1.82) is 0 Å². The third-order valence-electron chi connectivity index (χ3n) is 3.05. The normalized spacial score (nSPS) is 25.2. The van der Waals surface area contributed by atoms with Crippen molar-refractivity contribution in [3.63, 3.8) is 0 Å². The minimum atomic E-state index is 0.282. The van der Waals surface area contributed by atoms with E-state index in [9.17, 15) is 0 Å². The van der Waals surface area contributed by atoms with E-state index in [2.05, 4.69) is 51.1 Å². The average molecular weight is 213 g/mol. The molecule has 0 bridgehead atoms. The molecule has 0 saturated carbocycles. The summed E-state index contributed by atoms with van der Waals surface area (Å²) in [6.45, 7) is 10.4. The van der Waals surface area contributed by atoms with Gasteiger partial charge < -0.3 is 4.90 Å². The predicted molar refractivity (Wildman–Crippen MR) is 66.7 cm³/mol. The maximum atomic E-state index is 2.44. The van der Waals surface area contributed by atoms with E-state index in [1.54, 1.807) is 0 Å². The van der Waals surface area contributed by atoms with Gasteiger partial charge >= 0.3 is 0 Å². The standard InChI is InChI=1S/C12H23NS/c1-10(14-5)11-6-8-13(9-7-11)12(2,3)4/h6,8,10-11H,7,9H2,1-5H3. The van der Waals surface area contributed by atoms with Gasteiger partial charge in [-0.3, -0.25) is 0 Å². The van der Waals surface area contributed by atoms with Crippen LogP contribution in [0, 0.1) is 5.92 Å². The summed E-state index contributed by atoms with van der Waals surface area (Å²) in [6.07, 6.45) is 8.18. The summed E-state index contributed by atoms with van der Waals surface area (Å²) in [4.78, 5) is 2.44. The fraction of sp³-hybridized carbons (Fsp3) is 0.833. The van der Waals surface area contributed by atoms with E-state index in [0.717, 1.165) is 11.2 Å². The van der Waals surface area contributed by atoms with Crippen LogP contribution >= 0.6 is 11.8 Å². The number of nitrogens with zero attached hydrogens (tertiary/aromatic N) is 1. The van der Waals surface area contributed by atoms with E-state index in [0.29, 0.717) is 0 Å². The third-order valence-corrected chi connectivity index (χ3v) is 4.15. The monoisotopic (exact) mass is 213 g/mol. The van der Waals surface area contributed by atoms with Crippen LogP contribution in [0.1, 0.15) is 34.1 Å². The lowest BCUT2D eigenvalue weighted by Gasteiger charge is -2.39. The zero-order valence-corrected chi connectivity index (χ0v) is 10.9. The van der Waals surface area contributed by atoms with E-state index in [4.69, 9.17) is 0 Å². The van der Waals surface area contributed by atoms with E-state index in [1.807, 2.05) is 11.8 Å². The number of hydrogen-bond donors (Lipinski definition) is 0. The Morgan fingerprint density at radius 1 is 1.43 bits per heavy atom. The van der Waals surface area contributed by atoms with Gasteiger partial charge in [0.15, 0.2) is 0 Å². The second kappa shape index (κ2) is 4.61. The van der Waals surface area contributed by atoms with Crippen LogP contribution in [0.3, 0.4) is 0 Å². The Hall–Kier alpha value is -0.110. The minimum Gasteiger partial charge on any atom is -0.373 e. The van der Waals surface area contributed by atoms with Gasteiger partial charge in [-0.25, -0.2) is 0 Å². The van der Waals surface area contributed by atoms with E-state index in [-0.39, 0.29) is 5.54 Å². The van der Waals surface area contributed by atoms with Gasteiger partial charge in [-0.05, 0) is 45.6 Å². The molecule has 1 heterocycles. The van der Waals surface area contributed by atoms with Crippen LogP contribution < -0.4 is 0 Å². The van der Waals surface area contributed by atoms with Crippen LogP contribution in [-0.4, -0.2) is 28.5 Å². The summed E-state index contributed by atoms with van der Waals surface area (Å²) in [6, 6.07) is 0. The lowest BCUT2D eigenvalue weighted by Crippen LogP contribution is -2.41. The third kappa shape index (κ3) is 2.94. The molecule has 0 radical (unpaired) electrons. The van der Waals surface area contributed by atoms with E-state index in [1.165, 1.54) is 13.0 Å². The molecule has 2 unspecified atom stereocenters. The van der Waals surface area contributed by atoms with Crippen LogP contribution in [0.5, 0.6) is 0 Å². The molecule has 0 N–H and O–H groups in total. The molecule has 0 aromatic heterocycles. The van der Waals surface area contributed by atoms with Crippen molar-refractivity contribution in [2.75, 3.05) is 12.8 Å². The van der Waals surface area contributed by atoms with Crippen molar-refractivity contribution >= 4 is 11.8 Å². The zero-order chi connectivity index (χ0) is 10.8. The van der Waals surface area contributed by atoms with Gasteiger partial charge in [0.1, 0.15) is 0 Å². The van der Waals surface area contributed by atoms with E-state index < -0.39 is 0 Å². The molecule has 14 heavy (non-hydrogen) atoms. The second-order valence-electron chi connectivity index (χ2n) is 5.10. The van der Waals surface area contributed by atoms with Crippen molar-refractivity contribution in [3.05, 3.63) is 12.3 Å². The topological polar surface area (TPSA) is 3.24 Å².